The van der Waals surface area contributed by atoms with Crippen molar-refractivity contribution in [3.05, 3.63) is 58.1 Å². The summed E-state index contributed by atoms with van der Waals surface area (Å²) in [5.74, 6) is 1.45. The van der Waals surface area contributed by atoms with E-state index in [0.717, 1.165) is 21.3 Å². The summed E-state index contributed by atoms with van der Waals surface area (Å²) in [7, 11) is 0. The third-order valence-electron chi connectivity index (χ3n) is 3.94. The van der Waals surface area contributed by atoms with Gasteiger partial charge in [0.15, 0.2) is 11.5 Å². The number of ether oxygens (including phenoxy) is 2. The minimum absolute atomic E-state index is 0.0912. The highest BCUT2D eigenvalue weighted by Crippen LogP contribution is 2.34. The van der Waals surface area contributed by atoms with Crippen LogP contribution in [0.25, 0.3) is 0 Å². The Kier molecular flexibility index (Phi) is 4.94. The number of carbonyl (C=O) groups excluding carboxylic acids is 1. The molecule has 24 heavy (non-hydrogen) atoms. The highest BCUT2D eigenvalue weighted by atomic mass is 79.9. The summed E-state index contributed by atoms with van der Waals surface area (Å²) < 4.78 is 11.7. The van der Waals surface area contributed by atoms with Gasteiger partial charge in [-0.15, -0.1) is 0 Å². The maximum absolute atomic E-state index is 12.2. The first-order valence-corrected chi connectivity index (χ1v) is 8.54. The van der Waals surface area contributed by atoms with Gasteiger partial charge >= 0.3 is 6.03 Å². The van der Waals surface area contributed by atoms with E-state index in [-0.39, 0.29) is 24.9 Å². The van der Waals surface area contributed by atoms with Crippen LogP contribution < -0.4 is 20.1 Å². The largest absolute Gasteiger partial charge is 0.454 e. The summed E-state index contributed by atoms with van der Waals surface area (Å²) in [5.41, 5.74) is 2.00. The molecule has 2 N–H and O–H groups in total. The van der Waals surface area contributed by atoms with E-state index in [1.54, 1.807) is 0 Å². The van der Waals surface area contributed by atoms with E-state index in [9.17, 15) is 4.79 Å². The van der Waals surface area contributed by atoms with Gasteiger partial charge in [0.05, 0.1) is 12.1 Å². The molecule has 0 spiro atoms. The Hall–Kier alpha value is -2.21. The summed E-state index contributed by atoms with van der Waals surface area (Å²) in [5, 5.41) is 5.89. The van der Waals surface area contributed by atoms with E-state index in [0.29, 0.717) is 5.75 Å². The fourth-order valence-electron chi connectivity index (χ4n) is 2.56. The lowest BCUT2D eigenvalue weighted by atomic mass is 10.1. The third-order valence-corrected chi connectivity index (χ3v) is 4.43. The summed E-state index contributed by atoms with van der Waals surface area (Å²) in [6.45, 7) is 4.12. The van der Waals surface area contributed by atoms with E-state index in [1.165, 1.54) is 0 Å². The number of urea groups is 1. The molecule has 1 aliphatic heterocycles. The first-order valence-electron chi connectivity index (χ1n) is 7.75. The Morgan fingerprint density at radius 3 is 2.38 bits per heavy atom. The summed E-state index contributed by atoms with van der Waals surface area (Å²) in [6.07, 6.45) is 0. The lowest BCUT2D eigenvalue weighted by Gasteiger charge is -2.19. The van der Waals surface area contributed by atoms with Gasteiger partial charge < -0.3 is 20.1 Å². The van der Waals surface area contributed by atoms with E-state index in [2.05, 4.69) is 26.6 Å². The first kappa shape index (κ1) is 16.6. The number of rotatable bonds is 4. The van der Waals surface area contributed by atoms with Crippen LogP contribution in [-0.4, -0.2) is 12.8 Å². The molecule has 6 heteroatoms. The Bertz CT molecular complexity index is 751. The Labute approximate surface area is 149 Å². The molecule has 2 aromatic carbocycles. The van der Waals surface area contributed by atoms with Crippen molar-refractivity contribution in [2.75, 3.05) is 6.79 Å². The first-order chi connectivity index (χ1) is 11.5. The van der Waals surface area contributed by atoms with Gasteiger partial charge in [0.25, 0.3) is 0 Å². The second kappa shape index (κ2) is 7.13. The number of carbonyl (C=O) groups is 1. The molecule has 126 valence electrons. The molecule has 2 atom stereocenters. The molecule has 5 nitrogen and oxygen atoms in total. The average Bonchev–Trinajstić information content (AvgIpc) is 3.02. The number of halogens is 1. The zero-order chi connectivity index (χ0) is 17.1. The number of benzene rings is 2. The molecule has 2 amide bonds. The highest BCUT2D eigenvalue weighted by molar-refractivity contribution is 9.10. The van der Waals surface area contributed by atoms with Crippen molar-refractivity contribution in [1.82, 2.24) is 10.6 Å². The van der Waals surface area contributed by atoms with Crippen LogP contribution in [0.2, 0.25) is 0 Å². The predicted molar refractivity (Wildman–Crippen MR) is 95.2 cm³/mol. The van der Waals surface area contributed by atoms with Crippen LogP contribution in [-0.2, 0) is 0 Å². The molecule has 0 saturated carbocycles. The van der Waals surface area contributed by atoms with Gasteiger partial charge in [0.2, 0.25) is 6.79 Å². The standard InChI is InChI=1S/C18H19BrN2O3/c1-11(13-4-3-5-15(19)8-13)20-18(22)21-12(2)14-6-7-16-17(9-14)24-10-23-16/h3-9,11-12H,10H2,1-2H3,(H2,20,21,22)/t11-,12-/m1/s1. The van der Waals surface area contributed by atoms with Gasteiger partial charge in [0.1, 0.15) is 0 Å². The Morgan fingerprint density at radius 1 is 1.00 bits per heavy atom. The average molecular weight is 391 g/mol. The fraction of sp³-hybridized carbons (Fsp3) is 0.278. The van der Waals surface area contributed by atoms with E-state index in [4.69, 9.17) is 9.47 Å². The molecular formula is C18H19BrN2O3. The van der Waals surface area contributed by atoms with Crippen LogP contribution in [0, 0.1) is 0 Å². The Balaban J connectivity index is 1.60. The third kappa shape index (κ3) is 3.82. The number of hydrogen-bond acceptors (Lipinski definition) is 3. The van der Waals surface area contributed by atoms with Crippen molar-refractivity contribution in [2.45, 2.75) is 25.9 Å². The van der Waals surface area contributed by atoms with Crippen LogP contribution in [0.3, 0.4) is 0 Å². The van der Waals surface area contributed by atoms with Crippen molar-refractivity contribution in [1.29, 1.82) is 0 Å². The van der Waals surface area contributed by atoms with Crippen LogP contribution >= 0.6 is 15.9 Å². The van der Waals surface area contributed by atoms with Crippen LogP contribution in [0.15, 0.2) is 46.9 Å². The summed E-state index contributed by atoms with van der Waals surface area (Å²) >= 11 is 3.44. The molecular weight excluding hydrogens is 372 g/mol. The number of amides is 2. The highest BCUT2D eigenvalue weighted by Gasteiger charge is 2.17. The number of hydrogen-bond donors (Lipinski definition) is 2. The fourth-order valence-corrected chi connectivity index (χ4v) is 2.98. The molecule has 0 aliphatic carbocycles. The van der Waals surface area contributed by atoms with E-state index >= 15 is 0 Å². The van der Waals surface area contributed by atoms with Crippen molar-refractivity contribution in [2.24, 2.45) is 0 Å². The van der Waals surface area contributed by atoms with Gasteiger partial charge in [-0.1, -0.05) is 34.1 Å². The monoisotopic (exact) mass is 390 g/mol. The maximum atomic E-state index is 12.2. The molecule has 0 aromatic heterocycles. The molecule has 1 heterocycles. The van der Waals surface area contributed by atoms with Crippen LogP contribution in [0.1, 0.15) is 37.1 Å². The van der Waals surface area contributed by atoms with Crippen LogP contribution in [0.5, 0.6) is 11.5 Å². The van der Waals surface area contributed by atoms with Crippen molar-refractivity contribution in [3.8, 4) is 11.5 Å². The second-order valence-electron chi connectivity index (χ2n) is 5.73. The minimum atomic E-state index is -0.215. The maximum Gasteiger partial charge on any atom is 0.315 e. The van der Waals surface area contributed by atoms with Gasteiger partial charge in [-0.3, -0.25) is 0 Å². The number of fused-ring (bicyclic) bond motifs is 1. The summed E-state index contributed by atoms with van der Waals surface area (Å²) in [6, 6.07) is 13.1. The second-order valence-corrected chi connectivity index (χ2v) is 6.64. The van der Waals surface area contributed by atoms with Gasteiger partial charge in [-0.25, -0.2) is 4.79 Å². The zero-order valence-electron chi connectivity index (χ0n) is 13.5. The normalized spacial score (nSPS) is 14.8. The molecule has 0 bridgehead atoms. The topological polar surface area (TPSA) is 59.6 Å². The molecule has 0 unspecified atom stereocenters. The van der Waals surface area contributed by atoms with Gasteiger partial charge in [0, 0.05) is 4.47 Å². The molecule has 0 saturated heterocycles. The molecule has 2 aromatic rings. The van der Waals surface area contributed by atoms with Crippen LogP contribution in [0.4, 0.5) is 4.79 Å². The van der Waals surface area contributed by atoms with Gasteiger partial charge in [-0.05, 0) is 49.2 Å². The molecule has 0 fully saturated rings. The minimum Gasteiger partial charge on any atom is -0.454 e. The lowest BCUT2D eigenvalue weighted by molar-refractivity contribution is 0.174. The van der Waals surface area contributed by atoms with E-state index in [1.807, 2.05) is 56.3 Å². The van der Waals surface area contributed by atoms with E-state index < -0.39 is 0 Å². The predicted octanol–water partition coefficient (Wildman–Crippen LogP) is 4.30. The molecule has 1 aliphatic rings. The van der Waals surface area contributed by atoms with Crippen molar-refractivity contribution in [3.63, 3.8) is 0 Å². The van der Waals surface area contributed by atoms with Crippen molar-refractivity contribution < 1.29 is 14.3 Å². The molecule has 3 rings (SSSR count). The zero-order valence-corrected chi connectivity index (χ0v) is 15.1. The SMILES string of the molecule is C[C@@H](NC(=O)N[C@H](C)c1ccc2c(c1)OCO2)c1cccc(Br)c1. The molecule has 0 radical (unpaired) electrons. The van der Waals surface area contributed by atoms with Gasteiger partial charge in [-0.2, -0.15) is 0 Å². The summed E-state index contributed by atoms with van der Waals surface area (Å²) in [4.78, 5) is 12.2. The Morgan fingerprint density at radius 2 is 1.67 bits per heavy atom. The quantitative estimate of drug-likeness (QED) is 0.817. The van der Waals surface area contributed by atoms with Crippen molar-refractivity contribution >= 4 is 22.0 Å². The lowest BCUT2D eigenvalue weighted by Crippen LogP contribution is -2.38. The number of nitrogens with one attached hydrogen (secondary N) is 2. The smallest absolute Gasteiger partial charge is 0.315 e.